The highest BCUT2D eigenvalue weighted by Crippen LogP contribution is 2.33. The van der Waals surface area contributed by atoms with Crippen molar-refractivity contribution in [3.8, 4) is 11.5 Å². The van der Waals surface area contributed by atoms with Crippen LogP contribution in [0.5, 0.6) is 11.5 Å². The Morgan fingerprint density at radius 3 is 2.51 bits per heavy atom. The molecule has 2 heterocycles. The van der Waals surface area contributed by atoms with E-state index in [1.54, 1.807) is 42.5 Å². The molecule has 0 saturated heterocycles. The summed E-state index contributed by atoms with van der Waals surface area (Å²) >= 11 is 0. The van der Waals surface area contributed by atoms with Gasteiger partial charge in [-0.05, 0) is 29.8 Å². The lowest BCUT2D eigenvalue weighted by Crippen LogP contribution is -2.53. The van der Waals surface area contributed by atoms with Crippen LogP contribution in [0.4, 0.5) is 21.9 Å². The number of para-hydroxylation sites is 2. The number of fused-ring (bicyclic) bond motifs is 2. The van der Waals surface area contributed by atoms with Gasteiger partial charge in [-0.1, -0.05) is 42.5 Å². The highest BCUT2D eigenvalue weighted by Gasteiger charge is 2.30. The number of ether oxygens (including phenoxy) is 2. The molecule has 0 fully saturated rings. The molecule has 0 unspecified atom stereocenters. The summed E-state index contributed by atoms with van der Waals surface area (Å²) in [6, 6.07) is 20.2. The van der Waals surface area contributed by atoms with Crippen LogP contribution in [0.15, 0.2) is 72.8 Å². The smallest absolute Gasteiger partial charge is 0.323 e. The van der Waals surface area contributed by atoms with E-state index in [9.17, 15) is 14.4 Å². The minimum Gasteiger partial charge on any atom is -0.486 e. The summed E-state index contributed by atoms with van der Waals surface area (Å²) in [5, 5.41) is 8.44. The van der Waals surface area contributed by atoms with Gasteiger partial charge in [0.15, 0.2) is 11.5 Å². The molecule has 3 aromatic rings. The lowest BCUT2D eigenvalue weighted by Gasteiger charge is -2.30. The molecule has 5 rings (SSSR count). The number of urea groups is 1. The van der Waals surface area contributed by atoms with Crippen LogP contribution in [0, 0.1) is 0 Å². The van der Waals surface area contributed by atoms with E-state index in [-0.39, 0.29) is 18.9 Å². The highest BCUT2D eigenvalue weighted by atomic mass is 16.6. The summed E-state index contributed by atoms with van der Waals surface area (Å²) in [6.07, 6.45) is 0.269. The monoisotopic (exact) mass is 472 g/mol. The molecule has 0 bridgehead atoms. The van der Waals surface area contributed by atoms with Crippen molar-refractivity contribution in [3.63, 3.8) is 0 Å². The molecule has 0 saturated carbocycles. The summed E-state index contributed by atoms with van der Waals surface area (Å²) in [6.45, 7) is 0.758. The number of hydrogen-bond acceptors (Lipinski definition) is 5. The van der Waals surface area contributed by atoms with Gasteiger partial charge in [0.05, 0.1) is 11.4 Å². The molecule has 0 aromatic heterocycles. The first-order valence-electron chi connectivity index (χ1n) is 11.3. The quantitative estimate of drug-likeness (QED) is 0.529. The van der Waals surface area contributed by atoms with E-state index in [4.69, 9.17) is 9.47 Å². The lowest BCUT2D eigenvalue weighted by atomic mass is 10.1. The second kappa shape index (κ2) is 9.76. The Hall–Kier alpha value is -4.53. The van der Waals surface area contributed by atoms with E-state index >= 15 is 0 Å². The molecule has 3 N–H and O–H groups in total. The molecule has 178 valence electrons. The molecule has 35 heavy (non-hydrogen) atoms. The fraction of sp³-hybridized carbons (Fsp3) is 0.192. The summed E-state index contributed by atoms with van der Waals surface area (Å²) in [4.78, 5) is 40.1. The number of nitrogens with zero attached hydrogens (tertiary/aromatic N) is 1. The molecule has 2 aliphatic rings. The SMILES string of the molecule is O=C1CN(C(=O)N[C@H](Cc2ccccc2)C(=O)Nc2ccc3c(c2)OCCO3)c2ccccc2N1. The zero-order valence-electron chi connectivity index (χ0n) is 18.8. The third-order valence-corrected chi connectivity index (χ3v) is 5.72. The van der Waals surface area contributed by atoms with Crippen molar-refractivity contribution in [1.82, 2.24) is 5.32 Å². The first-order chi connectivity index (χ1) is 17.1. The largest absolute Gasteiger partial charge is 0.486 e. The molecule has 9 nitrogen and oxygen atoms in total. The molecule has 9 heteroatoms. The Morgan fingerprint density at radius 1 is 0.943 bits per heavy atom. The van der Waals surface area contributed by atoms with Crippen molar-refractivity contribution < 1.29 is 23.9 Å². The summed E-state index contributed by atoms with van der Waals surface area (Å²) in [5.74, 6) is 0.465. The number of hydrogen-bond donors (Lipinski definition) is 3. The Bertz CT molecular complexity index is 1260. The van der Waals surface area contributed by atoms with Crippen LogP contribution in [-0.4, -0.2) is 43.6 Å². The van der Waals surface area contributed by atoms with E-state index in [1.165, 1.54) is 4.90 Å². The van der Waals surface area contributed by atoms with E-state index in [0.717, 1.165) is 5.56 Å². The van der Waals surface area contributed by atoms with Gasteiger partial charge in [-0.2, -0.15) is 0 Å². The van der Waals surface area contributed by atoms with Crippen molar-refractivity contribution in [2.45, 2.75) is 12.5 Å². The van der Waals surface area contributed by atoms with Gasteiger partial charge in [-0.15, -0.1) is 0 Å². The number of rotatable bonds is 5. The van der Waals surface area contributed by atoms with Crippen molar-refractivity contribution in [2.24, 2.45) is 0 Å². The maximum atomic E-state index is 13.3. The van der Waals surface area contributed by atoms with Crippen molar-refractivity contribution in [1.29, 1.82) is 0 Å². The topological polar surface area (TPSA) is 109 Å². The van der Waals surface area contributed by atoms with Crippen LogP contribution < -0.4 is 30.3 Å². The van der Waals surface area contributed by atoms with Gasteiger partial charge in [0, 0.05) is 18.2 Å². The van der Waals surface area contributed by atoms with E-state index in [2.05, 4.69) is 16.0 Å². The molecular weight excluding hydrogens is 448 g/mol. The van der Waals surface area contributed by atoms with Crippen molar-refractivity contribution in [3.05, 3.63) is 78.4 Å². The van der Waals surface area contributed by atoms with E-state index in [0.29, 0.717) is 41.8 Å². The van der Waals surface area contributed by atoms with Gasteiger partial charge in [0.1, 0.15) is 25.8 Å². The molecule has 0 spiro atoms. The third kappa shape index (κ3) is 5.03. The molecule has 0 radical (unpaired) electrons. The average Bonchev–Trinajstić information content (AvgIpc) is 2.88. The van der Waals surface area contributed by atoms with E-state index in [1.807, 2.05) is 30.3 Å². The summed E-state index contributed by atoms with van der Waals surface area (Å²) in [5.41, 5.74) is 2.51. The van der Waals surface area contributed by atoms with Crippen LogP contribution in [0.25, 0.3) is 0 Å². The number of benzene rings is 3. The van der Waals surface area contributed by atoms with Crippen molar-refractivity contribution >= 4 is 34.9 Å². The maximum absolute atomic E-state index is 13.3. The predicted octanol–water partition coefficient (Wildman–Crippen LogP) is 3.18. The Labute approximate surface area is 202 Å². The molecule has 4 amide bonds. The minimum atomic E-state index is -0.893. The molecule has 3 aromatic carbocycles. The average molecular weight is 473 g/mol. The Kier molecular flexibility index (Phi) is 6.21. The fourth-order valence-electron chi connectivity index (χ4n) is 4.05. The van der Waals surface area contributed by atoms with Crippen LogP contribution in [0.2, 0.25) is 0 Å². The van der Waals surface area contributed by atoms with Gasteiger partial charge in [0.25, 0.3) is 0 Å². The standard InChI is InChI=1S/C26H24N4O5/c31-24-16-30(21-9-5-4-8-19(21)28-24)26(33)29-20(14-17-6-2-1-3-7-17)25(32)27-18-10-11-22-23(15-18)35-13-12-34-22/h1-11,15,20H,12-14,16H2,(H,27,32)(H,28,31)(H,29,33)/t20-/m1/s1. The number of amides is 4. The first kappa shape index (κ1) is 22.3. The lowest BCUT2D eigenvalue weighted by molar-refractivity contribution is -0.118. The zero-order chi connectivity index (χ0) is 24.2. The Balaban J connectivity index is 1.37. The van der Waals surface area contributed by atoms with Crippen LogP contribution in [0.1, 0.15) is 5.56 Å². The second-order valence-electron chi connectivity index (χ2n) is 8.19. The number of carbonyl (C=O) groups is 3. The minimum absolute atomic E-state index is 0.148. The van der Waals surface area contributed by atoms with Gasteiger partial charge >= 0.3 is 6.03 Å². The molecule has 2 aliphatic heterocycles. The molecule has 0 aliphatic carbocycles. The van der Waals surface area contributed by atoms with Gasteiger partial charge in [0.2, 0.25) is 11.8 Å². The van der Waals surface area contributed by atoms with Crippen LogP contribution in [0.3, 0.4) is 0 Å². The highest BCUT2D eigenvalue weighted by molar-refractivity contribution is 6.10. The summed E-state index contributed by atoms with van der Waals surface area (Å²) < 4.78 is 11.1. The van der Waals surface area contributed by atoms with Crippen molar-refractivity contribution in [2.75, 3.05) is 35.3 Å². The van der Waals surface area contributed by atoms with Crippen LogP contribution in [-0.2, 0) is 16.0 Å². The van der Waals surface area contributed by atoms with Gasteiger partial charge in [-0.25, -0.2) is 4.79 Å². The summed E-state index contributed by atoms with van der Waals surface area (Å²) in [7, 11) is 0. The molecule has 1 atom stereocenters. The van der Waals surface area contributed by atoms with Gasteiger partial charge in [-0.3, -0.25) is 14.5 Å². The predicted molar refractivity (Wildman–Crippen MR) is 131 cm³/mol. The number of carbonyl (C=O) groups excluding carboxylic acids is 3. The van der Waals surface area contributed by atoms with E-state index < -0.39 is 18.0 Å². The number of nitrogens with one attached hydrogen (secondary N) is 3. The number of anilines is 3. The maximum Gasteiger partial charge on any atom is 0.323 e. The zero-order valence-corrected chi connectivity index (χ0v) is 18.8. The molecular formula is C26H24N4O5. The third-order valence-electron chi connectivity index (χ3n) is 5.72. The first-order valence-corrected chi connectivity index (χ1v) is 11.3. The fourth-order valence-corrected chi connectivity index (χ4v) is 4.05. The normalized spacial score (nSPS) is 14.9. The Morgan fingerprint density at radius 2 is 1.69 bits per heavy atom. The second-order valence-corrected chi connectivity index (χ2v) is 8.19. The van der Waals surface area contributed by atoms with Crippen LogP contribution >= 0.6 is 0 Å². The van der Waals surface area contributed by atoms with Gasteiger partial charge < -0.3 is 25.4 Å².